The van der Waals surface area contributed by atoms with Crippen LogP contribution in [0, 0.1) is 6.92 Å². The Hall–Kier alpha value is -3.06. The smallest absolute Gasteiger partial charge is 0.265 e. The van der Waals surface area contributed by atoms with Crippen molar-refractivity contribution in [2.75, 3.05) is 45.8 Å². The second-order valence-corrected chi connectivity index (χ2v) is 7.61. The average molecular weight is 412 g/mol. The predicted molar refractivity (Wildman–Crippen MR) is 116 cm³/mol. The molecule has 1 aliphatic rings. The lowest BCUT2D eigenvalue weighted by Gasteiger charge is -2.30. The Balaban J connectivity index is 1.58. The highest BCUT2D eigenvalue weighted by atomic mass is 16.5. The number of amides is 2. The maximum Gasteiger partial charge on any atom is 0.265 e. The molecule has 0 aliphatic carbocycles. The zero-order valence-corrected chi connectivity index (χ0v) is 18.0. The number of likely N-dealkylation sites (N-methyl/N-ethyl adjacent to an activating group) is 1. The largest absolute Gasteiger partial charge is 0.497 e. The second kappa shape index (κ2) is 9.63. The Labute approximate surface area is 177 Å². The van der Waals surface area contributed by atoms with E-state index in [4.69, 9.17) is 9.47 Å². The Morgan fingerprint density at radius 1 is 1.23 bits per heavy atom. The van der Waals surface area contributed by atoms with Crippen molar-refractivity contribution in [1.82, 2.24) is 10.2 Å². The molecule has 0 bridgehead atoms. The van der Waals surface area contributed by atoms with Crippen LogP contribution in [0.25, 0.3) is 0 Å². The van der Waals surface area contributed by atoms with Crippen LogP contribution >= 0.6 is 0 Å². The van der Waals surface area contributed by atoms with E-state index in [9.17, 15) is 9.59 Å². The van der Waals surface area contributed by atoms with Crippen LogP contribution in [0.15, 0.2) is 42.5 Å². The lowest BCUT2D eigenvalue weighted by atomic mass is 10.1. The lowest BCUT2D eigenvalue weighted by Crippen LogP contribution is -2.42. The first-order valence-corrected chi connectivity index (χ1v) is 10.00. The van der Waals surface area contributed by atoms with Gasteiger partial charge in [0, 0.05) is 19.5 Å². The van der Waals surface area contributed by atoms with Gasteiger partial charge in [-0.05, 0) is 56.4 Å². The number of aryl methyl sites for hydroxylation is 1. The van der Waals surface area contributed by atoms with Crippen LogP contribution < -0.4 is 19.7 Å². The molecule has 7 nitrogen and oxygen atoms in total. The number of methoxy groups -OCH3 is 1. The number of carbonyl (C=O) groups is 2. The molecule has 0 aromatic heterocycles. The third-order valence-corrected chi connectivity index (χ3v) is 5.24. The van der Waals surface area contributed by atoms with Gasteiger partial charge in [0.1, 0.15) is 11.5 Å². The Morgan fingerprint density at radius 2 is 1.97 bits per heavy atom. The molecule has 0 saturated heterocycles. The first kappa shape index (κ1) is 21.6. The molecule has 1 heterocycles. The van der Waals surface area contributed by atoms with Gasteiger partial charge in [-0.25, -0.2) is 0 Å². The molecule has 7 heteroatoms. The average Bonchev–Trinajstić information content (AvgIpc) is 2.73. The van der Waals surface area contributed by atoms with Crippen LogP contribution in [-0.2, 0) is 9.59 Å². The SMILES string of the molecule is COc1ccc(C(CNC(=O)CCN2C(=O)COc3ccc(C)cc32)N(C)C)cc1. The fraction of sp³-hybridized carbons (Fsp3) is 0.391. The number of anilines is 1. The standard InChI is InChI=1S/C23H29N3O4/c1-16-5-10-21-19(13-16)26(23(28)15-30-21)12-11-22(27)24-14-20(25(2)3)17-6-8-18(29-4)9-7-17/h5-10,13,20H,11-12,14-15H2,1-4H3,(H,24,27). The van der Waals surface area contributed by atoms with E-state index in [0.717, 1.165) is 22.6 Å². The number of hydrogen-bond donors (Lipinski definition) is 1. The van der Waals surface area contributed by atoms with Crippen molar-refractivity contribution in [3.63, 3.8) is 0 Å². The maximum atomic E-state index is 12.5. The zero-order valence-electron chi connectivity index (χ0n) is 18.0. The van der Waals surface area contributed by atoms with Crippen LogP contribution in [-0.4, -0.2) is 57.6 Å². The van der Waals surface area contributed by atoms with Crippen LogP contribution in [0.4, 0.5) is 5.69 Å². The highest BCUT2D eigenvalue weighted by Crippen LogP contribution is 2.32. The van der Waals surface area contributed by atoms with Crippen molar-refractivity contribution in [3.05, 3.63) is 53.6 Å². The number of ether oxygens (including phenoxy) is 2. The van der Waals surface area contributed by atoms with E-state index in [1.54, 1.807) is 12.0 Å². The molecule has 0 radical (unpaired) electrons. The van der Waals surface area contributed by atoms with Crippen LogP contribution in [0.2, 0.25) is 0 Å². The number of nitrogens with one attached hydrogen (secondary N) is 1. The lowest BCUT2D eigenvalue weighted by molar-refractivity contribution is -0.122. The van der Waals surface area contributed by atoms with Gasteiger partial charge < -0.3 is 24.6 Å². The second-order valence-electron chi connectivity index (χ2n) is 7.61. The van der Waals surface area contributed by atoms with E-state index in [2.05, 4.69) is 10.2 Å². The molecule has 3 rings (SSSR count). The monoisotopic (exact) mass is 411 g/mol. The highest BCUT2D eigenvalue weighted by molar-refractivity contribution is 5.98. The summed E-state index contributed by atoms with van der Waals surface area (Å²) in [7, 11) is 5.59. The van der Waals surface area contributed by atoms with E-state index < -0.39 is 0 Å². The van der Waals surface area contributed by atoms with Gasteiger partial charge in [-0.15, -0.1) is 0 Å². The summed E-state index contributed by atoms with van der Waals surface area (Å²) in [5.41, 5.74) is 2.85. The fourth-order valence-electron chi connectivity index (χ4n) is 3.49. The van der Waals surface area contributed by atoms with Crippen molar-refractivity contribution in [2.45, 2.75) is 19.4 Å². The zero-order chi connectivity index (χ0) is 21.7. The number of nitrogens with zero attached hydrogens (tertiary/aromatic N) is 2. The highest BCUT2D eigenvalue weighted by Gasteiger charge is 2.26. The van der Waals surface area contributed by atoms with Gasteiger partial charge in [0.05, 0.1) is 18.8 Å². The number of hydrogen-bond acceptors (Lipinski definition) is 5. The predicted octanol–water partition coefficient (Wildman–Crippen LogP) is 2.54. The molecular formula is C23H29N3O4. The minimum Gasteiger partial charge on any atom is -0.497 e. The van der Waals surface area contributed by atoms with E-state index in [1.165, 1.54) is 0 Å². The first-order valence-electron chi connectivity index (χ1n) is 10.00. The molecule has 0 saturated carbocycles. The van der Waals surface area contributed by atoms with E-state index >= 15 is 0 Å². The first-order chi connectivity index (χ1) is 14.4. The maximum absolute atomic E-state index is 12.5. The third kappa shape index (κ3) is 5.10. The molecule has 0 fully saturated rings. The van der Waals surface area contributed by atoms with Crippen molar-refractivity contribution in [2.24, 2.45) is 0 Å². The van der Waals surface area contributed by atoms with Crippen molar-refractivity contribution >= 4 is 17.5 Å². The number of rotatable bonds is 8. The number of fused-ring (bicyclic) bond motifs is 1. The molecule has 1 N–H and O–H groups in total. The van der Waals surface area contributed by atoms with E-state index in [-0.39, 0.29) is 30.9 Å². The summed E-state index contributed by atoms with van der Waals surface area (Å²) < 4.78 is 10.7. The molecule has 30 heavy (non-hydrogen) atoms. The molecule has 1 unspecified atom stereocenters. The Morgan fingerprint density at radius 3 is 2.63 bits per heavy atom. The molecule has 1 atom stereocenters. The van der Waals surface area contributed by atoms with E-state index in [0.29, 0.717) is 18.8 Å². The van der Waals surface area contributed by atoms with Crippen LogP contribution in [0.3, 0.4) is 0 Å². The van der Waals surface area contributed by atoms with Gasteiger partial charge in [-0.3, -0.25) is 9.59 Å². The summed E-state index contributed by atoms with van der Waals surface area (Å²) in [6.45, 7) is 2.76. The number of benzene rings is 2. The fourth-order valence-corrected chi connectivity index (χ4v) is 3.49. The van der Waals surface area contributed by atoms with Gasteiger partial charge in [0.15, 0.2) is 6.61 Å². The minimum absolute atomic E-state index is 0.00213. The minimum atomic E-state index is -0.134. The number of carbonyl (C=O) groups excluding carboxylic acids is 2. The van der Waals surface area contributed by atoms with Crippen LogP contribution in [0.1, 0.15) is 23.6 Å². The van der Waals surface area contributed by atoms with Gasteiger partial charge in [-0.2, -0.15) is 0 Å². The molecule has 2 amide bonds. The van der Waals surface area contributed by atoms with E-state index in [1.807, 2.05) is 63.5 Å². The quantitative estimate of drug-likeness (QED) is 0.723. The molecule has 1 aliphatic heterocycles. The van der Waals surface area contributed by atoms with Gasteiger partial charge in [0.2, 0.25) is 5.91 Å². The van der Waals surface area contributed by atoms with Crippen molar-refractivity contribution in [1.29, 1.82) is 0 Å². The van der Waals surface area contributed by atoms with Crippen LogP contribution in [0.5, 0.6) is 11.5 Å². The summed E-state index contributed by atoms with van der Waals surface area (Å²) in [4.78, 5) is 28.5. The van der Waals surface area contributed by atoms with Gasteiger partial charge >= 0.3 is 0 Å². The normalized spacial score (nSPS) is 14.2. The van der Waals surface area contributed by atoms with Gasteiger partial charge in [0.25, 0.3) is 5.91 Å². The Kier molecular flexibility index (Phi) is 6.95. The molecule has 2 aromatic rings. The molecule has 0 spiro atoms. The summed E-state index contributed by atoms with van der Waals surface area (Å²) >= 11 is 0. The molecule has 2 aromatic carbocycles. The summed E-state index contributed by atoms with van der Waals surface area (Å²) in [6, 6.07) is 13.6. The third-order valence-electron chi connectivity index (χ3n) is 5.24. The van der Waals surface area contributed by atoms with Crippen molar-refractivity contribution in [3.8, 4) is 11.5 Å². The van der Waals surface area contributed by atoms with Gasteiger partial charge in [-0.1, -0.05) is 18.2 Å². The summed E-state index contributed by atoms with van der Waals surface area (Å²) in [5, 5.41) is 3.00. The molecular weight excluding hydrogens is 382 g/mol. The Bertz CT molecular complexity index is 896. The topological polar surface area (TPSA) is 71.1 Å². The van der Waals surface area contributed by atoms with Crippen molar-refractivity contribution < 1.29 is 19.1 Å². The summed E-state index contributed by atoms with van der Waals surface area (Å²) in [6.07, 6.45) is 0.224. The summed E-state index contributed by atoms with van der Waals surface area (Å²) in [5.74, 6) is 1.24. The molecule has 160 valence electrons.